The van der Waals surface area contributed by atoms with Gasteiger partial charge in [-0.1, -0.05) is 17.7 Å². The zero-order valence-corrected chi connectivity index (χ0v) is 23.3. The van der Waals surface area contributed by atoms with Gasteiger partial charge < -0.3 is 28.3 Å². The maximum Gasteiger partial charge on any atom is 0.258 e. The highest BCUT2D eigenvalue weighted by Gasteiger charge is 2.40. The highest BCUT2D eigenvalue weighted by atomic mass is 35.5. The Bertz CT molecular complexity index is 1620. The van der Waals surface area contributed by atoms with Crippen LogP contribution in [0.4, 0.5) is 0 Å². The maximum absolute atomic E-state index is 12.5. The van der Waals surface area contributed by atoms with Crippen molar-refractivity contribution in [1.29, 1.82) is 0 Å². The summed E-state index contributed by atoms with van der Waals surface area (Å²) in [4.78, 5) is 13.5. The second kappa shape index (κ2) is 9.49. The molecule has 10 heteroatoms. The first-order valence-electron chi connectivity index (χ1n) is 12.2. The molecule has 1 aromatic carbocycles. The predicted molar refractivity (Wildman–Crippen MR) is 146 cm³/mol. The molecule has 0 saturated heterocycles. The van der Waals surface area contributed by atoms with Gasteiger partial charge in [-0.2, -0.15) is 0 Å². The fraction of sp³-hybridized carbons (Fsp3) is 0.321. The van der Waals surface area contributed by atoms with Crippen molar-refractivity contribution in [3.05, 3.63) is 87.7 Å². The molecule has 0 aliphatic carbocycles. The molecule has 0 saturated carbocycles. The molecular weight excluding hydrogens is 504 g/mol. The highest BCUT2D eigenvalue weighted by molar-refractivity contribution is 6.37. The largest absolute Gasteiger partial charge is 0.480 e. The SMILES string of the molecule is COc1nc2ccc(C(O)(c3cnc(C)n3C)c3cnc(C)n3C)cc2c(Cl)c1OCc1cc(C)cn1C. The summed E-state index contributed by atoms with van der Waals surface area (Å²) in [6.45, 7) is 6.11. The van der Waals surface area contributed by atoms with E-state index in [0.29, 0.717) is 51.1 Å². The van der Waals surface area contributed by atoms with Crippen LogP contribution >= 0.6 is 11.6 Å². The summed E-state index contributed by atoms with van der Waals surface area (Å²) in [6.07, 6.45) is 5.40. The Hall–Kier alpha value is -3.82. The lowest BCUT2D eigenvalue weighted by Gasteiger charge is -2.30. The number of hydrogen-bond donors (Lipinski definition) is 1. The normalized spacial score (nSPS) is 11.9. The summed E-state index contributed by atoms with van der Waals surface area (Å²) >= 11 is 6.95. The van der Waals surface area contributed by atoms with Gasteiger partial charge in [-0.15, -0.1) is 0 Å². The average molecular weight is 535 g/mol. The molecule has 4 aromatic heterocycles. The van der Waals surface area contributed by atoms with E-state index in [2.05, 4.69) is 21.0 Å². The van der Waals surface area contributed by atoms with Crippen molar-refractivity contribution in [3.8, 4) is 11.6 Å². The standard InChI is InChI=1S/C28H31ClN6O3/c1-16-10-20(33(4)14-16)15-38-26-25(29)21-11-19(8-9-22(21)32-27(26)37-7)28(36,23-12-30-17(2)34(23)5)24-13-31-18(3)35(24)6/h8-14,36H,15H2,1-7H3. The lowest BCUT2D eigenvalue weighted by molar-refractivity contribution is 0.109. The number of aliphatic hydroxyl groups is 1. The van der Waals surface area contributed by atoms with Crippen molar-refractivity contribution in [1.82, 2.24) is 28.7 Å². The van der Waals surface area contributed by atoms with E-state index in [-0.39, 0.29) is 0 Å². The number of benzene rings is 1. The molecule has 0 fully saturated rings. The van der Waals surface area contributed by atoms with Gasteiger partial charge in [-0.05, 0) is 50.1 Å². The molecule has 9 nitrogen and oxygen atoms in total. The Kier molecular flexibility index (Phi) is 6.44. The molecule has 5 rings (SSSR count). The fourth-order valence-electron chi connectivity index (χ4n) is 4.86. The van der Waals surface area contributed by atoms with Crippen LogP contribution in [-0.4, -0.2) is 40.9 Å². The molecular formula is C28H31ClN6O3. The number of imidazole rings is 2. The molecule has 0 atom stereocenters. The van der Waals surface area contributed by atoms with Gasteiger partial charge in [0, 0.05) is 32.7 Å². The summed E-state index contributed by atoms with van der Waals surface area (Å²) in [6, 6.07) is 7.55. The number of nitrogens with zero attached hydrogens (tertiary/aromatic N) is 6. The topological polar surface area (TPSA) is 92.2 Å². The van der Waals surface area contributed by atoms with E-state index >= 15 is 0 Å². The van der Waals surface area contributed by atoms with Crippen LogP contribution < -0.4 is 9.47 Å². The Labute approximate surface area is 226 Å². The molecule has 0 aliphatic rings. The number of fused-ring (bicyclic) bond motifs is 1. The molecule has 1 N–H and O–H groups in total. The number of rotatable bonds is 7. The van der Waals surface area contributed by atoms with Gasteiger partial charge in [0.2, 0.25) is 5.75 Å². The first kappa shape index (κ1) is 25.8. The number of pyridine rings is 1. The molecule has 0 spiro atoms. The third kappa shape index (κ3) is 4.02. The van der Waals surface area contributed by atoms with Gasteiger partial charge in [-0.25, -0.2) is 15.0 Å². The second-order valence-electron chi connectivity index (χ2n) is 9.61. The number of halogens is 1. The number of aryl methyl sites for hydroxylation is 4. The van der Waals surface area contributed by atoms with Gasteiger partial charge in [0.15, 0.2) is 5.60 Å². The highest BCUT2D eigenvalue weighted by Crippen LogP contribution is 2.43. The van der Waals surface area contributed by atoms with Crippen molar-refractivity contribution in [3.63, 3.8) is 0 Å². The van der Waals surface area contributed by atoms with Crippen molar-refractivity contribution in [2.24, 2.45) is 21.1 Å². The summed E-state index contributed by atoms with van der Waals surface area (Å²) in [5, 5.41) is 13.5. The maximum atomic E-state index is 12.5. The average Bonchev–Trinajstić information content (AvgIpc) is 3.53. The van der Waals surface area contributed by atoms with Gasteiger partial charge in [0.05, 0.1) is 47.1 Å². The zero-order chi connectivity index (χ0) is 27.4. The lowest BCUT2D eigenvalue weighted by Crippen LogP contribution is -2.33. The van der Waals surface area contributed by atoms with Gasteiger partial charge in [0.1, 0.15) is 18.3 Å². The van der Waals surface area contributed by atoms with Crippen LogP contribution in [0.3, 0.4) is 0 Å². The predicted octanol–water partition coefficient (Wildman–Crippen LogP) is 4.49. The second-order valence-corrected chi connectivity index (χ2v) is 9.99. The summed E-state index contributed by atoms with van der Waals surface area (Å²) in [5.74, 6) is 2.18. The Morgan fingerprint density at radius 2 is 1.61 bits per heavy atom. The lowest BCUT2D eigenvalue weighted by atomic mass is 9.86. The number of methoxy groups -OCH3 is 1. The summed E-state index contributed by atoms with van der Waals surface area (Å²) < 4.78 is 17.4. The van der Waals surface area contributed by atoms with E-state index in [4.69, 9.17) is 21.1 Å². The monoisotopic (exact) mass is 534 g/mol. The molecule has 0 aliphatic heterocycles. The Morgan fingerprint density at radius 3 is 2.11 bits per heavy atom. The smallest absolute Gasteiger partial charge is 0.258 e. The van der Waals surface area contributed by atoms with E-state index < -0.39 is 5.60 Å². The van der Waals surface area contributed by atoms with Crippen LogP contribution in [0.1, 0.15) is 39.9 Å². The van der Waals surface area contributed by atoms with Crippen LogP contribution in [0.5, 0.6) is 11.6 Å². The van der Waals surface area contributed by atoms with Crippen LogP contribution in [0, 0.1) is 20.8 Å². The van der Waals surface area contributed by atoms with E-state index in [0.717, 1.165) is 22.9 Å². The molecule has 198 valence electrons. The molecule has 4 heterocycles. The number of hydrogen-bond acceptors (Lipinski definition) is 6. The molecule has 0 bridgehead atoms. The van der Waals surface area contributed by atoms with Gasteiger partial charge in [-0.3, -0.25) is 0 Å². The zero-order valence-electron chi connectivity index (χ0n) is 22.6. The Balaban J connectivity index is 1.68. The van der Waals surface area contributed by atoms with Crippen molar-refractivity contribution in [2.45, 2.75) is 33.0 Å². The quantitative estimate of drug-likeness (QED) is 0.331. The minimum Gasteiger partial charge on any atom is -0.480 e. The number of aromatic nitrogens is 6. The summed E-state index contributed by atoms with van der Waals surface area (Å²) in [5.41, 5.74) is 2.97. The Morgan fingerprint density at radius 1 is 0.974 bits per heavy atom. The van der Waals surface area contributed by atoms with Crippen LogP contribution in [0.25, 0.3) is 10.9 Å². The molecule has 38 heavy (non-hydrogen) atoms. The minimum absolute atomic E-state index is 0.291. The van der Waals surface area contributed by atoms with Crippen LogP contribution in [0.2, 0.25) is 5.02 Å². The molecule has 5 aromatic rings. The first-order chi connectivity index (χ1) is 18.1. The van der Waals surface area contributed by atoms with E-state index in [1.165, 1.54) is 7.11 Å². The van der Waals surface area contributed by atoms with E-state index in [1.54, 1.807) is 12.4 Å². The van der Waals surface area contributed by atoms with Gasteiger partial charge in [0.25, 0.3) is 5.88 Å². The third-order valence-electron chi connectivity index (χ3n) is 7.25. The van der Waals surface area contributed by atoms with Crippen molar-refractivity contribution >= 4 is 22.5 Å². The van der Waals surface area contributed by atoms with Crippen LogP contribution in [0.15, 0.2) is 42.9 Å². The molecule has 0 unspecified atom stereocenters. The van der Waals surface area contributed by atoms with E-state index in [1.807, 2.05) is 80.0 Å². The van der Waals surface area contributed by atoms with Crippen molar-refractivity contribution < 1.29 is 14.6 Å². The van der Waals surface area contributed by atoms with Crippen LogP contribution in [-0.2, 0) is 33.4 Å². The fourth-order valence-corrected chi connectivity index (χ4v) is 5.14. The molecule has 0 radical (unpaired) electrons. The first-order valence-corrected chi connectivity index (χ1v) is 12.6. The molecule has 0 amide bonds. The van der Waals surface area contributed by atoms with Gasteiger partial charge >= 0.3 is 0 Å². The number of ether oxygens (including phenoxy) is 2. The summed E-state index contributed by atoms with van der Waals surface area (Å²) in [7, 11) is 7.26. The third-order valence-corrected chi connectivity index (χ3v) is 7.63. The van der Waals surface area contributed by atoms with Crippen molar-refractivity contribution in [2.75, 3.05) is 7.11 Å². The van der Waals surface area contributed by atoms with E-state index in [9.17, 15) is 5.11 Å². The minimum atomic E-state index is -1.56.